The van der Waals surface area contributed by atoms with Crippen LogP contribution in [-0.4, -0.2) is 11.1 Å². The zero-order valence-corrected chi connectivity index (χ0v) is 11.9. The number of hydrogen-bond acceptors (Lipinski definition) is 2. The summed E-state index contributed by atoms with van der Waals surface area (Å²) in [7, 11) is 0. The van der Waals surface area contributed by atoms with E-state index in [-0.39, 0.29) is 0 Å². The molecule has 2 aromatic rings. The van der Waals surface area contributed by atoms with Crippen molar-refractivity contribution < 1.29 is 9.90 Å². The van der Waals surface area contributed by atoms with Gasteiger partial charge in [-0.15, -0.1) is 11.3 Å². The maximum Gasteiger partial charge on any atom is 0.337 e. The minimum absolute atomic E-state index is 0.402. The summed E-state index contributed by atoms with van der Waals surface area (Å²) in [5.41, 5.74) is 0.402. The van der Waals surface area contributed by atoms with Crippen LogP contribution in [0, 0.1) is 7.14 Å². The second-order valence-corrected chi connectivity index (χ2v) is 5.81. The van der Waals surface area contributed by atoms with Crippen molar-refractivity contribution in [3.05, 3.63) is 30.2 Å². The molecule has 0 radical (unpaired) electrons. The predicted molar refractivity (Wildman–Crippen MR) is 74.2 cm³/mol. The fraction of sp³-hybridized carbons (Fsp3) is 0. The first-order valence-corrected chi connectivity index (χ1v) is 6.73. The summed E-state index contributed by atoms with van der Waals surface area (Å²) >= 11 is 5.99. The van der Waals surface area contributed by atoms with Gasteiger partial charge >= 0.3 is 5.97 Å². The normalized spacial score (nSPS) is 10.7. The van der Waals surface area contributed by atoms with Gasteiger partial charge in [-0.1, -0.05) is 6.07 Å². The fourth-order valence-electron chi connectivity index (χ4n) is 1.21. The number of aromatic carboxylic acids is 1. The highest BCUT2D eigenvalue weighted by Crippen LogP contribution is 2.32. The van der Waals surface area contributed by atoms with Crippen molar-refractivity contribution in [3.63, 3.8) is 0 Å². The molecule has 0 aliphatic rings. The number of fused-ring (bicyclic) bond motifs is 1. The van der Waals surface area contributed by atoms with Crippen LogP contribution < -0.4 is 0 Å². The van der Waals surface area contributed by atoms with E-state index in [0.717, 1.165) is 17.2 Å². The number of carboxylic acid groups (broad SMARTS) is 1. The van der Waals surface area contributed by atoms with E-state index in [0.29, 0.717) is 5.56 Å². The first kappa shape index (κ1) is 10.6. The van der Waals surface area contributed by atoms with Crippen LogP contribution >= 0.6 is 56.5 Å². The van der Waals surface area contributed by atoms with Gasteiger partial charge in [0, 0.05) is 22.6 Å². The van der Waals surface area contributed by atoms with Gasteiger partial charge in [-0.25, -0.2) is 4.79 Å². The topological polar surface area (TPSA) is 37.3 Å². The van der Waals surface area contributed by atoms with Crippen molar-refractivity contribution in [2.24, 2.45) is 0 Å². The van der Waals surface area contributed by atoms with Gasteiger partial charge in [-0.3, -0.25) is 0 Å². The van der Waals surface area contributed by atoms with E-state index in [2.05, 4.69) is 45.2 Å². The molecule has 2 nitrogen and oxygen atoms in total. The number of carboxylic acids is 1. The average molecular weight is 430 g/mol. The molecule has 0 aliphatic heterocycles. The molecular formula is C9H4I2O2S. The zero-order chi connectivity index (χ0) is 10.3. The van der Waals surface area contributed by atoms with Gasteiger partial charge in [0.1, 0.15) is 0 Å². The van der Waals surface area contributed by atoms with Crippen molar-refractivity contribution in [1.29, 1.82) is 0 Å². The quantitative estimate of drug-likeness (QED) is 0.700. The largest absolute Gasteiger partial charge is 0.478 e. The summed E-state index contributed by atoms with van der Waals surface area (Å²) < 4.78 is 3.36. The molecule has 0 bridgehead atoms. The van der Waals surface area contributed by atoms with Crippen molar-refractivity contribution in [2.45, 2.75) is 0 Å². The summed E-state index contributed by atoms with van der Waals surface area (Å²) in [6.45, 7) is 0. The van der Waals surface area contributed by atoms with Crippen LogP contribution in [-0.2, 0) is 0 Å². The van der Waals surface area contributed by atoms with E-state index < -0.39 is 5.97 Å². The standard InChI is InChI=1S/C9H4I2O2S/c10-6-2-1-4-5(9(12)13)3-14-8(4)7(6)11/h1-3H,(H,12,13). The van der Waals surface area contributed by atoms with Gasteiger partial charge in [-0.2, -0.15) is 0 Å². The van der Waals surface area contributed by atoms with Gasteiger partial charge in [0.2, 0.25) is 0 Å². The Morgan fingerprint density at radius 3 is 2.71 bits per heavy atom. The Hall–Kier alpha value is 0.110. The molecule has 0 aliphatic carbocycles. The van der Waals surface area contributed by atoms with E-state index in [4.69, 9.17) is 5.11 Å². The summed E-state index contributed by atoms with van der Waals surface area (Å²) in [5, 5.41) is 11.5. The Morgan fingerprint density at radius 1 is 1.36 bits per heavy atom. The van der Waals surface area contributed by atoms with Crippen LogP contribution in [0.2, 0.25) is 0 Å². The van der Waals surface area contributed by atoms with E-state index in [1.165, 1.54) is 11.3 Å². The van der Waals surface area contributed by atoms with Crippen LogP contribution in [0.25, 0.3) is 10.1 Å². The third-order valence-corrected chi connectivity index (χ3v) is 6.30. The Bertz CT molecular complexity index is 519. The summed E-state index contributed by atoms with van der Waals surface area (Å²) in [6.07, 6.45) is 0. The van der Waals surface area contributed by atoms with Gasteiger partial charge in [0.15, 0.2) is 0 Å². The van der Waals surface area contributed by atoms with Crippen LogP contribution in [0.1, 0.15) is 10.4 Å². The van der Waals surface area contributed by atoms with E-state index in [1.807, 2.05) is 12.1 Å². The van der Waals surface area contributed by atoms with E-state index in [9.17, 15) is 4.79 Å². The minimum atomic E-state index is -0.853. The molecule has 0 atom stereocenters. The second-order valence-electron chi connectivity index (χ2n) is 2.69. The van der Waals surface area contributed by atoms with Crippen LogP contribution in [0.4, 0.5) is 0 Å². The van der Waals surface area contributed by atoms with Crippen molar-refractivity contribution in [2.75, 3.05) is 0 Å². The first-order chi connectivity index (χ1) is 6.61. The smallest absolute Gasteiger partial charge is 0.337 e. The molecule has 1 aromatic carbocycles. The number of carbonyl (C=O) groups is 1. The lowest BCUT2D eigenvalue weighted by molar-refractivity contribution is 0.0699. The lowest BCUT2D eigenvalue weighted by Crippen LogP contribution is -1.93. The molecular weight excluding hydrogens is 426 g/mol. The summed E-state index contributed by atoms with van der Waals surface area (Å²) in [6, 6.07) is 3.82. The number of benzene rings is 1. The third kappa shape index (κ3) is 1.65. The molecule has 0 amide bonds. The Kier molecular flexibility index (Phi) is 2.98. The van der Waals surface area contributed by atoms with Crippen molar-refractivity contribution in [1.82, 2.24) is 0 Å². The number of hydrogen-bond donors (Lipinski definition) is 1. The first-order valence-electron chi connectivity index (χ1n) is 3.69. The van der Waals surface area contributed by atoms with Gasteiger partial charge < -0.3 is 5.11 Å². The molecule has 72 valence electrons. The summed E-state index contributed by atoms with van der Waals surface area (Å²) in [5.74, 6) is -0.853. The van der Waals surface area contributed by atoms with Gasteiger partial charge in [0.25, 0.3) is 0 Å². The molecule has 0 fully saturated rings. The maximum absolute atomic E-state index is 10.9. The molecule has 2 rings (SSSR count). The predicted octanol–water partition coefficient (Wildman–Crippen LogP) is 3.81. The number of halogens is 2. The molecule has 0 saturated heterocycles. The van der Waals surface area contributed by atoms with E-state index in [1.54, 1.807) is 5.38 Å². The molecule has 14 heavy (non-hydrogen) atoms. The Labute approximate surface area is 112 Å². The molecule has 0 unspecified atom stereocenters. The van der Waals surface area contributed by atoms with Gasteiger partial charge in [0.05, 0.1) is 5.56 Å². The third-order valence-electron chi connectivity index (χ3n) is 1.87. The molecule has 1 aromatic heterocycles. The molecule has 0 saturated carbocycles. The Balaban J connectivity index is 2.83. The second kappa shape index (κ2) is 3.93. The van der Waals surface area contributed by atoms with Crippen molar-refractivity contribution >= 4 is 72.6 Å². The highest BCUT2D eigenvalue weighted by atomic mass is 127. The SMILES string of the molecule is O=C(O)c1csc2c(I)c(I)ccc12. The lowest BCUT2D eigenvalue weighted by Gasteiger charge is -1.97. The summed E-state index contributed by atoms with van der Waals surface area (Å²) in [4.78, 5) is 10.9. The van der Waals surface area contributed by atoms with Crippen LogP contribution in [0.5, 0.6) is 0 Å². The Morgan fingerprint density at radius 2 is 2.07 bits per heavy atom. The fourth-order valence-corrected chi connectivity index (χ4v) is 3.67. The highest BCUT2D eigenvalue weighted by Gasteiger charge is 2.13. The number of rotatable bonds is 1. The molecule has 5 heteroatoms. The molecule has 0 spiro atoms. The van der Waals surface area contributed by atoms with Gasteiger partial charge in [-0.05, 0) is 51.2 Å². The zero-order valence-electron chi connectivity index (χ0n) is 6.75. The van der Waals surface area contributed by atoms with Crippen LogP contribution in [0.3, 0.4) is 0 Å². The lowest BCUT2D eigenvalue weighted by atomic mass is 10.2. The maximum atomic E-state index is 10.9. The minimum Gasteiger partial charge on any atom is -0.478 e. The molecule has 1 heterocycles. The molecule has 1 N–H and O–H groups in total. The highest BCUT2D eigenvalue weighted by molar-refractivity contribution is 14.1. The van der Waals surface area contributed by atoms with E-state index >= 15 is 0 Å². The average Bonchev–Trinajstić information content (AvgIpc) is 2.55. The number of thiophene rings is 1. The van der Waals surface area contributed by atoms with Crippen molar-refractivity contribution in [3.8, 4) is 0 Å². The monoisotopic (exact) mass is 430 g/mol. The van der Waals surface area contributed by atoms with Crippen LogP contribution in [0.15, 0.2) is 17.5 Å².